The van der Waals surface area contributed by atoms with Crippen molar-refractivity contribution >= 4 is 28.9 Å². The Morgan fingerprint density at radius 2 is 2.00 bits per heavy atom. The number of hydrogen-bond donors (Lipinski definition) is 4. The fraction of sp³-hybridized carbons (Fsp3) is 0.111. The van der Waals surface area contributed by atoms with Crippen molar-refractivity contribution in [1.29, 1.82) is 5.26 Å². The predicted octanol–water partition coefficient (Wildman–Crippen LogP) is 2.81. The van der Waals surface area contributed by atoms with Crippen molar-refractivity contribution in [3.8, 4) is 11.8 Å². The van der Waals surface area contributed by atoms with Crippen LogP contribution in [-0.2, 0) is 11.2 Å². The molecule has 2 rings (SSSR count). The Labute approximate surface area is 150 Å². The highest BCUT2D eigenvalue weighted by molar-refractivity contribution is 6.34. The van der Waals surface area contributed by atoms with E-state index >= 15 is 0 Å². The Kier molecular flexibility index (Phi) is 6.26. The van der Waals surface area contributed by atoms with Crippen molar-refractivity contribution in [1.82, 2.24) is 5.32 Å². The average molecular weight is 357 g/mol. The molecule has 0 bridgehead atoms. The number of hydrogen-bond acceptors (Lipinski definition) is 5. The van der Waals surface area contributed by atoms with E-state index in [4.69, 9.17) is 22.6 Å². The van der Waals surface area contributed by atoms with Gasteiger partial charge < -0.3 is 21.5 Å². The van der Waals surface area contributed by atoms with Gasteiger partial charge in [-0.2, -0.15) is 5.26 Å². The van der Waals surface area contributed by atoms with Gasteiger partial charge in [0.1, 0.15) is 17.4 Å². The maximum absolute atomic E-state index is 12.1. The molecule has 0 aliphatic rings. The van der Waals surface area contributed by atoms with Gasteiger partial charge in [0.2, 0.25) is 0 Å². The number of amides is 1. The van der Waals surface area contributed by atoms with Crippen LogP contribution in [0.4, 0.5) is 11.4 Å². The number of nitrogens with two attached hydrogens (primary N) is 1. The number of nitrogen functional groups attached to an aromatic ring is 1. The van der Waals surface area contributed by atoms with Crippen LogP contribution in [0.25, 0.3) is 0 Å². The lowest BCUT2D eigenvalue weighted by molar-refractivity contribution is -0.112. The van der Waals surface area contributed by atoms with Crippen LogP contribution in [0.1, 0.15) is 5.56 Å². The molecule has 2 aromatic carbocycles. The van der Waals surface area contributed by atoms with Crippen LogP contribution < -0.4 is 16.4 Å². The first-order valence-corrected chi connectivity index (χ1v) is 7.85. The fourth-order valence-corrected chi connectivity index (χ4v) is 2.26. The number of benzene rings is 2. The van der Waals surface area contributed by atoms with Crippen molar-refractivity contribution in [2.75, 3.05) is 17.6 Å². The van der Waals surface area contributed by atoms with E-state index in [0.29, 0.717) is 29.4 Å². The minimum absolute atomic E-state index is 0.0707. The van der Waals surface area contributed by atoms with E-state index in [1.807, 2.05) is 18.2 Å². The highest BCUT2D eigenvalue weighted by Crippen LogP contribution is 2.24. The van der Waals surface area contributed by atoms with E-state index < -0.39 is 5.91 Å². The lowest BCUT2D eigenvalue weighted by Gasteiger charge is -2.07. The molecular weight excluding hydrogens is 340 g/mol. The van der Waals surface area contributed by atoms with Crippen molar-refractivity contribution in [2.45, 2.75) is 6.42 Å². The number of nitrogens with one attached hydrogen (secondary N) is 2. The Balaban J connectivity index is 1.91. The van der Waals surface area contributed by atoms with Gasteiger partial charge >= 0.3 is 0 Å². The summed E-state index contributed by atoms with van der Waals surface area (Å²) in [6, 6.07) is 13.4. The highest BCUT2D eigenvalue weighted by atomic mass is 35.5. The minimum atomic E-state index is -0.564. The number of carbonyl (C=O) groups is 1. The van der Waals surface area contributed by atoms with E-state index in [0.717, 1.165) is 5.56 Å². The second kappa shape index (κ2) is 8.62. The summed E-state index contributed by atoms with van der Waals surface area (Å²) in [6.07, 6.45) is 2.04. The Hall–Kier alpha value is -3.17. The molecule has 0 fully saturated rings. The molecule has 0 radical (unpaired) electrons. The van der Waals surface area contributed by atoms with Gasteiger partial charge in [-0.05, 0) is 42.3 Å². The number of aromatic hydroxyl groups is 1. The van der Waals surface area contributed by atoms with E-state index in [2.05, 4.69) is 10.6 Å². The van der Waals surface area contributed by atoms with Crippen molar-refractivity contribution in [2.24, 2.45) is 0 Å². The van der Waals surface area contributed by atoms with Crippen molar-refractivity contribution in [3.05, 3.63) is 64.8 Å². The average Bonchev–Trinajstić information content (AvgIpc) is 2.59. The first-order valence-electron chi connectivity index (χ1n) is 7.47. The summed E-state index contributed by atoms with van der Waals surface area (Å²) in [5.74, 6) is -0.354. The summed E-state index contributed by atoms with van der Waals surface area (Å²) in [5, 5.41) is 24.2. The second-order valence-corrected chi connectivity index (χ2v) is 5.64. The lowest BCUT2D eigenvalue weighted by atomic mass is 10.1. The third kappa shape index (κ3) is 5.44. The zero-order chi connectivity index (χ0) is 18.2. The molecule has 0 aliphatic heterocycles. The largest absolute Gasteiger partial charge is 0.508 e. The molecule has 6 nitrogen and oxygen atoms in total. The molecular formula is C18H17ClN4O2. The van der Waals surface area contributed by atoms with Gasteiger partial charge in [0.25, 0.3) is 5.91 Å². The van der Waals surface area contributed by atoms with Crippen LogP contribution in [-0.4, -0.2) is 17.6 Å². The quantitative estimate of drug-likeness (QED) is 0.275. The number of phenols is 1. The lowest BCUT2D eigenvalue weighted by Crippen LogP contribution is -2.18. The molecule has 0 heterocycles. The molecule has 25 heavy (non-hydrogen) atoms. The number of rotatable bonds is 6. The molecule has 0 aromatic heterocycles. The molecule has 2 aromatic rings. The van der Waals surface area contributed by atoms with Crippen LogP contribution >= 0.6 is 11.6 Å². The van der Waals surface area contributed by atoms with E-state index in [-0.39, 0.29) is 11.3 Å². The molecule has 0 saturated carbocycles. The summed E-state index contributed by atoms with van der Waals surface area (Å²) >= 11 is 6.00. The summed E-state index contributed by atoms with van der Waals surface area (Å²) in [6.45, 7) is 0.534. The molecule has 0 spiro atoms. The van der Waals surface area contributed by atoms with E-state index in [9.17, 15) is 9.90 Å². The Morgan fingerprint density at radius 3 is 2.64 bits per heavy atom. The van der Waals surface area contributed by atoms with Crippen LogP contribution in [0.15, 0.2) is 54.2 Å². The van der Waals surface area contributed by atoms with Gasteiger partial charge in [0, 0.05) is 18.4 Å². The first-order chi connectivity index (χ1) is 12.0. The topological polar surface area (TPSA) is 111 Å². The summed E-state index contributed by atoms with van der Waals surface area (Å²) in [4.78, 5) is 12.1. The van der Waals surface area contributed by atoms with Gasteiger partial charge in [-0.3, -0.25) is 4.79 Å². The second-order valence-electron chi connectivity index (χ2n) is 5.23. The molecule has 0 aliphatic carbocycles. The Bertz CT molecular complexity index is 826. The van der Waals surface area contributed by atoms with E-state index in [1.165, 1.54) is 12.3 Å². The van der Waals surface area contributed by atoms with Crippen LogP contribution in [0, 0.1) is 11.3 Å². The van der Waals surface area contributed by atoms with Gasteiger partial charge in [0.15, 0.2) is 0 Å². The minimum Gasteiger partial charge on any atom is -0.508 e. The maximum atomic E-state index is 12.1. The van der Waals surface area contributed by atoms with Gasteiger partial charge in [-0.1, -0.05) is 23.7 Å². The SMILES string of the molecule is N#C/C(=C/NCCc1ccc(O)cc1)C(=O)Nc1ccc(N)cc1Cl. The first kappa shape index (κ1) is 18.2. The van der Waals surface area contributed by atoms with Gasteiger partial charge in [0.05, 0.1) is 10.7 Å². The number of phenolic OH excluding ortho intramolecular Hbond substituents is 1. The van der Waals surface area contributed by atoms with Crippen molar-refractivity contribution < 1.29 is 9.90 Å². The predicted molar refractivity (Wildman–Crippen MR) is 98.0 cm³/mol. The number of halogens is 1. The number of anilines is 2. The van der Waals surface area contributed by atoms with Crippen molar-refractivity contribution in [3.63, 3.8) is 0 Å². The third-order valence-electron chi connectivity index (χ3n) is 3.35. The summed E-state index contributed by atoms with van der Waals surface area (Å²) in [5.41, 5.74) is 7.41. The molecule has 0 saturated heterocycles. The molecule has 128 valence electrons. The molecule has 5 N–H and O–H groups in total. The molecule has 7 heteroatoms. The summed E-state index contributed by atoms with van der Waals surface area (Å²) in [7, 11) is 0. The summed E-state index contributed by atoms with van der Waals surface area (Å²) < 4.78 is 0. The third-order valence-corrected chi connectivity index (χ3v) is 3.66. The van der Waals surface area contributed by atoms with Crippen LogP contribution in [0.5, 0.6) is 5.75 Å². The molecule has 1 amide bonds. The zero-order valence-electron chi connectivity index (χ0n) is 13.3. The number of nitriles is 1. The van der Waals surface area contributed by atoms with Crippen LogP contribution in [0.2, 0.25) is 5.02 Å². The number of carbonyl (C=O) groups excluding carboxylic acids is 1. The fourth-order valence-electron chi connectivity index (χ4n) is 2.02. The van der Waals surface area contributed by atoms with Gasteiger partial charge in [-0.25, -0.2) is 0 Å². The van der Waals surface area contributed by atoms with Crippen LogP contribution in [0.3, 0.4) is 0 Å². The standard InChI is InChI=1S/C18H17ClN4O2/c19-16-9-14(21)3-6-17(16)23-18(25)13(10-20)11-22-8-7-12-1-4-15(24)5-2-12/h1-6,9,11,22,24H,7-8,21H2,(H,23,25)/b13-11-. The van der Waals surface area contributed by atoms with E-state index in [1.54, 1.807) is 24.3 Å². The monoisotopic (exact) mass is 356 g/mol. The number of nitrogens with zero attached hydrogens (tertiary/aromatic N) is 1. The highest BCUT2D eigenvalue weighted by Gasteiger charge is 2.11. The Morgan fingerprint density at radius 1 is 1.28 bits per heavy atom. The van der Waals surface area contributed by atoms with Gasteiger partial charge in [-0.15, -0.1) is 0 Å². The zero-order valence-corrected chi connectivity index (χ0v) is 14.0. The molecule has 0 unspecified atom stereocenters. The normalized spacial score (nSPS) is 10.8. The molecule has 0 atom stereocenters. The maximum Gasteiger partial charge on any atom is 0.267 e. The smallest absolute Gasteiger partial charge is 0.267 e.